The molecule has 0 bridgehead atoms. The van der Waals surface area contributed by atoms with Gasteiger partial charge in [-0.3, -0.25) is 4.79 Å². The Hall–Kier alpha value is -0.530. The highest BCUT2D eigenvalue weighted by molar-refractivity contribution is 5.75. The molecule has 0 fully saturated rings. The van der Waals surface area contributed by atoms with Crippen LogP contribution in [0, 0.1) is 11.3 Å². The van der Waals surface area contributed by atoms with E-state index < -0.39 is 0 Å². The summed E-state index contributed by atoms with van der Waals surface area (Å²) in [6.45, 7) is 10.4. The van der Waals surface area contributed by atoms with Crippen LogP contribution in [0.1, 0.15) is 47.5 Å². The maximum Gasteiger partial charge on any atom is 0.311 e. The number of carbonyl (C=O) groups excluding carboxylic acids is 1. The first kappa shape index (κ1) is 12.5. The van der Waals surface area contributed by atoms with Gasteiger partial charge in [-0.1, -0.05) is 20.3 Å². The number of hydrogen-bond acceptors (Lipinski definition) is 2. The first-order valence-corrected chi connectivity index (χ1v) is 5.05. The lowest BCUT2D eigenvalue weighted by atomic mass is 9.97. The second-order valence-electron chi connectivity index (χ2n) is 4.74. The van der Waals surface area contributed by atoms with Gasteiger partial charge in [0.1, 0.15) is 0 Å². The van der Waals surface area contributed by atoms with Crippen LogP contribution in [-0.2, 0) is 9.53 Å². The molecule has 13 heavy (non-hydrogen) atoms. The van der Waals surface area contributed by atoms with E-state index in [9.17, 15) is 4.79 Å². The molecular weight excluding hydrogens is 164 g/mol. The topological polar surface area (TPSA) is 26.3 Å². The van der Waals surface area contributed by atoms with E-state index in [4.69, 9.17) is 4.74 Å². The molecule has 2 heteroatoms. The van der Waals surface area contributed by atoms with Crippen molar-refractivity contribution in [2.45, 2.75) is 47.5 Å². The second kappa shape index (κ2) is 5.25. The molecule has 1 unspecified atom stereocenters. The lowest BCUT2D eigenvalue weighted by molar-refractivity contribution is -0.154. The van der Waals surface area contributed by atoms with Crippen molar-refractivity contribution >= 4 is 5.97 Å². The molecule has 0 aliphatic carbocycles. The van der Waals surface area contributed by atoms with Crippen LogP contribution in [0.2, 0.25) is 0 Å². The maximum atomic E-state index is 11.4. The number of hydrogen-bond donors (Lipinski definition) is 0. The molecule has 0 aromatic carbocycles. The molecular formula is C11H22O2. The summed E-state index contributed by atoms with van der Waals surface area (Å²) in [7, 11) is 0. The summed E-state index contributed by atoms with van der Waals surface area (Å²) in [4.78, 5) is 11.4. The van der Waals surface area contributed by atoms with Gasteiger partial charge in [-0.25, -0.2) is 0 Å². The van der Waals surface area contributed by atoms with Crippen molar-refractivity contribution < 1.29 is 9.53 Å². The van der Waals surface area contributed by atoms with Gasteiger partial charge in [-0.15, -0.1) is 0 Å². The molecule has 0 aliphatic heterocycles. The van der Waals surface area contributed by atoms with Crippen LogP contribution >= 0.6 is 0 Å². The van der Waals surface area contributed by atoms with E-state index in [-0.39, 0.29) is 11.4 Å². The number of ether oxygens (including phenoxy) is 1. The Labute approximate surface area is 81.7 Å². The van der Waals surface area contributed by atoms with Crippen molar-refractivity contribution in [1.82, 2.24) is 0 Å². The van der Waals surface area contributed by atoms with Crippen molar-refractivity contribution in [3.8, 4) is 0 Å². The number of esters is 1. The van der Waals surface area contributed by atoms with Gasteiger partial charge in [0.05, 0.1) is 12.0 Å². The van der Waals surface area contributed by atoms with Crippen molar-refractivity contribution in [1.29, 1.82) is 0 Å². The van der Waals surface area contributed by atoms with Gasteiger partial charge >= 0.3 is 5.97 Å². The zero-order valence-corrected chi connectivity index (χ0v) is 9.52. The maximum absolute atomic E-state index is 11.4. The Morgan fingerprint density at radius 2 is 1.92 bits per heavy atom. The average Bonchev–Trinajstić information content (AvgIpc) is 1.99. The Kier molecular flexibility index (Phi) is 5.04. The summed E-state index contributed by atoms with van der Waals surface area (Å²) < 4.78 is 5.18. The van der Waals surface area contributed by atoms with Gasteiger partial charge < -0.3 is 4.74 Å². The zero-order chi connectivity index (χ0) is 10.5. The van der Waals surface area contributed by atoms with Crippen molar-refractivity contribution in [3.63, 3.8) is 0 Å². The van der Waals surface area contributed by atoms with E-state index in [1.54, 1.807) is 0 Å². The number of rotatable bonds is 4. The Balaban J connectivity index is 3.71. The van der Waals surface area contributed by atoms with Crippen LogP contribution in [0.15, 0.2) is 0 Å². The largest absolute Gasteiger partial charge is 0.465 e. The van der Waals surface area contributed by atoms with Crippen LogP contribution in [0.4, 0.5) is 0 Å². The minimum atomic E-state index is -0.369. The molecule has 0 heterocycles. The van der Waals surface area contributed by atoms with E-state index >= 15 is 0 Å². The molecule has 1 atom stereocenters. The van der Waals surface area contributed by atoms with Gasteiger partial charge in [0.25, 0.3) is 0 Å². The highest BCUT2D eigenvalue weighted by Gasteiger charge is 2.23. The quantitative estimate of drug-likeness (QED) is 0.631. The van der Waals surface area contributed by atoms with Crippen molar-refractivity contribution in [3.05, 3.63) is 0 Å². The van der Waals surface area contributed by atoms with Gasteiger partial charge in [0, 0.05) is 0 Å². The number of carbonyl (C=O) groups is 1. The average molecular weight is 186 g/mol. The smallest absolute Gasteiger partial charge is 0.311 e. The van der Waals surface area contributed by atoms with Crippen LogP contribution in [-0.4, -0.2) is 12.6 Å². The predicted octanol–water partition coefficient (Wildman–Crippen LogP) is 3.01. The monoisotopic (exact) mass is 186 g/mol. The molecule has 0 rings (SSSR count). The highest BCUT2D eigenvalue weighted by Crippen LogP contribution is 2.16. The molecule has 78 valence electrons. The summed E-state index contributed by atoms with van der Waals surface area (Å²) in [6.07, 6.45) is 2.27. The zero-order valence-electron chi connectivity index (χ0n) is 9.52. The van der Waals surface area contributed by atoms with Crippen LogP contribution in [0.25, 0.3) is 0 Å². The van der Waals surface area contributed by atoms with Crippen LogP contribution < -0.4 is 0 Å². The fourth-order valence-electron chi connectivity index (χ4n) is 1.01. The summed E-state index contributed by atoms with van der Waals surface area (Å²) in [5, 5.41) is 0. The molecule has 0 aromatic heterocycles. The third-order valence-corrected chi connectivity index (χ3v) is 1.89. The van der Waals surface area contributed by atoms with E-state index in [0.717, 1.165) is 12.8 Å². The summed E-state index contributed by atoms with van der Waals surface area (Å²) in [5.74, 6) is 0.381. The normalized spacial score (nSPS) is 13.9. The third-order valence-electron chi connectivity index (χ3n) is 1.89. The summed E-state index contributed by atoms with van der Waals surface area (Å²) >= 11 is 0. The minimum absolute atomic E-state index is 0.101. The van der Waals surface area contributed by atoms with E-state index in [1.165, 1.54) is 0 Å². The molecule has 0 saturated carbocycles. The minimum Gasteiger partial charge on any atom is -0.465 e. The summed E-state index contributed by atoms with van der Waals surface area (Å²) in [5.41, 5.74) is -0.369. The van der Waals surface area contributed by atoms with E-state index in [2.05, 4.69) is 13.8 Å². The lowest BCUT2D eigenvalue weighted by Crippen LogP contribution is -2.24. The standard InChI is InChI=1S/C11H22O2/c1-6-7-9(2)8-13-10(12)11(3,4)5/h9H,6-8H2,1-5H3. The van der Waals surface area contributed by atoms with Gasteiger partial charge in [-0.05, 0) is 33.1 Å². The van der Waals surface area contributed by atoms with Crippen LogP contribution in [0.5, 0.6) is 0 Å². The Bertz CT molecular complexity index is 156. The molecule has 0 spiro atoms. The first-order chi connectivity index (χ1) is 5.88. The molecule has 0 aromatic rings. The molecule has 0 saturated heterocycles. The second-order valence-corrected chi connectivity index (χ2v) is 4.74. The first-order valence-electron chi connectivity index (χ1n) is 5.05. The van der Waals surface area contributed by atoms with Gasteiger partial charge in [0.2, 0.25) is 0 Å². The molecule has 0 radical (unpaired) electrons. The molecule has 0 amide bonds. The van der Waals surface area contributed by atoms with E-state index in [1.807, 2.05) is 20.8 Å². The van der Waals surface area contributed by atoms with Crippen molar-refractivity contribution in [2.75, 3.05) is 6.61 Å². The SMILES string of the molecule is CCCC(C)COC(=O)C(C)(C)C. The fraction of sp³-hybridized carbons (Fsp3) is 0.909. The lowest BCUT2D eigenvalue weighted by Gasteiger charge is -2.18. The Morgan fingerprint density at radius 3 is 2.31 bits per heavy atom. The van der Waals surface area contributed by atoms with Gasteiger partial charge in [0.15, 0.2) is 0 Å². The van der Waals surface area contributed by atoms with Crippen molar-refractivity contribution in [2.24, 2.45) is 11.3 Å². The summed E-state index contributed by atoms with van der Waals surface area (Å²) in [6, 6.07) is 0. The fourth-order valence-corrected chi connectivity index (χ4v) is 1.01. The Morgan fingerprint density at radius 1 is 1.38 bits per heavy atom. The predicted molar refractivity (Wildman–Crippen MR) is 54.5 cm³/mol. The molecule has 0 aliphatic rings. The third kappa shape index (κ3) is 5.67. The highest BCUT2D eigenvalue weighted by atomic mass is 16.5. The van der Waals surface area contributed by atoms with E-state index in [0.29, 0.717) is 12.5 Å². The molecule has 0 N–H and O–H groups in total. The van der Waals surface area contributed by atoms with Gasteiger partial charge in [-0.2, -0.15) is 0 Å². The molecule has 2 nitrogen and oxygen atoms in total. The van der Waals surface area contributed by atoms with Crippen LogP contribution in [0.3, 0.4) is 0 Å².